The third-order valence-electron chi connectivity index (χ3n) is 3.56. The SMILES string of the molecule is C/C(=N/NC(=O)CSc1cccc2cccnc12)c1ccc(Cl)cc1. The standard InChI is InChI=1S/C19H16ClN3OS/c1-13(14-7-9-16(20)10-8-14)22-23-18(24)12-25-17-6-2-4-15-5-3-11-21-19(15)17/h2-11H,12H2,1H3,(H,23,24)/b22-13-. The molecule has 126 valence electrons. The van der Waals surface area contributed by atoms with Crippen molar-refractivity contribution in [1.82, 2.24) is 10.4 Å². The van der Waals surface area contributed by atoms with Gasteiger partial charge in [0.25, 0.3) is 0 Å². The largest absolute Gasteiger partial charge is 0.272 e. The molecule has 0 saturated carbocycles. The van der Waals surface area contributed by atoms with Crippen molar-refractivity contribution in [1.29, 1.82) is 0 Å². The Bertz CT molecular complexity index is 920. The second-order valence-electron chi connectivity index (χ2n) is 5.36. The molecule has 0 bridgehead atoms. The third-order valence-corrected chi connectivity index (χ3v) is 4.86. The highest BCUT2D eigenvalue weighted by molar-refractivity contribution is 8.00. The molecular weight excluding hydrogens is 354 g/mol. The lowest BCUT2D eigenvalue weighted by atomic mass is 10.1. The van der Waals surface area contributed by atoms with Crippen molar-refractivity contribution in [2.75, 3.05) is 5.75 Å². The summed E-state index contributed by atoms with van der Waals surface area (Å²) in [4.78, 5) is 17.4. The second kappa shape index (κ2) is 8.14. The maximum absolute atomic E-state index is 12.1. The molecule has 2 aromatic carbocycles. The molecule has 0 aliphatic carbocycles. The number of amides is 1. The zero-order chi connectivity index (χ0) is 17.6. The van der Waals surface area contributed by atoms with Crippen LogP contribution in [0.2, 0.25) is 5.02 Å². The van der Waals surface area contributed by atoms with Gasteiger partial charge in [-0.15, -0.1) is 11.8 Å². The fourth-order valence-electron chi connectivity index (χ4n) is 2.27. The van der Waals surface area contributed by atoms with E-state index >= 15 is 0 Å². The molecule has 1 heterocycles. The fourth-order valence-corrected chi connectivity index (χ4v) is 3.23. The van der Waals surface area contributed by atoms with Gasteiger partial charge in [0.15, 0.2) is 0 Å². The first-order valence-electron chi connectivity index (χ1n) is 7.69. The summed E-state index contributed by atoms with van der Waals surface area (Å²) in [6.45, 7) is 1.84. The molecule has 0 unspecified atom stereocenters. The van der Waals surface area contributed by atoms with Gasteiger partial charge >= 0.3 is 0 Å². The van der Waals surface area contributed by atoms with Crippen LogP contribution in [-0.2, 0) is 4.79 Å². The average Bonchev–Trinajstić information content (AvgIpc) is 2.65. The molecule has 0 aliphatic rings. The first-order chi connectivity index (χ1) is 12.1. The average molecular weight is 370 g/mol. The second-order valence-corrected chi connectivity index (χ2v) is 6.81. The number of fused-ring (bicyclic) bond motifs is 1. The molecule has 1 N–H and O–H groups in total. The van der Waals surface area contributed by atoms with E-state index in [1.807, 2.05) is 49.4 Å². The number of hydrazone groups is 1. The predicted octanol–water partition coefficient (Wildman–Crippen LogP) is 4.52. The molecule has 6 heteroatoms. The third kappa shape index (κ3) is 4.59. The number of rotatable bonds is 5. The van der Waals surface area contributed by atoms with Crippen molar-refractivity contribution in [2.24, 2.45) is 5.10 Å². The molecule has 0 aliphatic heterocycles. The molecule has 0 radical (unpaired) electrons. The number of benzene rings is 2. The molecule has 4 nitrogen and oxygen atoms in total. The van der Waals surface area contributed by atoms with Gasteiger partial charge in [0.2, 0.25) is 5.91 Å². The normalized spacial score (nSPS) is 11.5. The molecule has 0 fully saturated rings. The van der Waals surface area contributed by atoms with Crippen LogP contribution in [0.25, 0.3) is 10.9 Å². The number of hydrogen-bond donors (Lipinski definition) is 1. The summed E-state index contributed by atoms with van der Waals surface area (Å²) in [6, 6.07) is 17.2. The highest BCUT2D eigenvalue weighted by atomic mass is 35.5. The number of carbonyl (C=O) groups excluding carboxylic acids is 1. The Kier molecular flexibility index (Phi) is 5.68. The van der Waals surface area contributed by atoms with Gasteiger partial charge in [-0.3, -0.25) is 9.78 Å². The van der Waals surface area contributed by atoms with Crippen LogP contribution in [-0.4, -0.2) is 22.4 Å². The quantitative estimate of drug-likeness (QED) is 0.408. The molecule has 0 saturated heterocycles. The minimum absolute atomic E-state index is 0.161. The highest BCUT2D eigenvalue weighted by Crippen LogP contribution is 2.25. The summed E-state index contributed by atoms with van der Waals surface area (Å²) in [6.07, 6.45) is 1.76. The lowest BCUT2D eigenvalue weighted by Gasteiger charge is -2.05. The molecule has 25 heavy (non-hydrogen) atoms. The Morgan fingerprint density at radius 3 is 2.72 bits per heavy atom. The van der Waals surface area contributed by atoms with Crippen molar-refractivity contribution in [3.05, 3.63) is 71.4 Å². The molecule has 1 amide bonds. The Hall–Kier alpha value is -2.37. The van der Waals surface area contributed by atoms with Gasteiger partial charge in [-0.05, 0) is 36.8 Å². The minimum atomic E-state index is -0.161. The van der Waals surface area contributed by atoms with Gasteiger partial charge in [0.1, 0.15) is 0 Å². The van der Waals surface area contributed by atoms with Gasteiger partial charge < -0.3 is 0 Å². The Morgan fingerprint density at radius 2 is 1.92 bits per heavy atom. The zero-order valence-corrected chi connectivity index (χ0v) is 15.1. The lowest BCUT2D eigenvalue weighted by molar-refractivity contribution is -0.118. The Morgan fingerprint density at radius 1 is 1.16 bits per heavy atom. The summed E-state index contributed by atoms with van der Waals surface area (Å²) >= 11 is 7.31. The maximum atomic E-state index is 12.1. The van der Waals surface area contributed by atoms with Crippen molar-refractivity contribution in [3.63, 3.8) is 0 Å². The van der Waals surface area contributed by atoms with Crippen molar-refractivity contribution < 1.29 is 4.79 Å². The molecule has 1 aromatic heterocycles. The van der Waals surface area contributed by atoms with Crippen LogP contribution in [0.1, 0.15) is 12.5 Å². The molecule has 3 aromatic rings. The minimum Gasteiger partial charge on any atom is -0.272 e. The zero-order valence-electron chi connectivity index (χ0n) is 13.6. The lowest BCUT2D eigenvalue weighted by Crippen LogP contribution is -2.21. The molecule has 3 rings (SSSR count). The topological polar surface area (TPSA) is 54.4 Å². The monoisotopic (exact) mass is 369 g/mol. The molecular formula is C19H16ClN3OS. The van der Waals surface area contributed by atoms with E-state index in [0.29, 0.717) is 5.02 Å². The molecule has 0 spiro atoms. The summed E-state index contributed by atoms with van der Waals surface area (Å²) in [5.74, 6) is 0.110. The van der Waals surface area contributed by atoms with Crippen LogP contribution in [0.4, 0.5) is 0 Å². The number of para-hydroxylation sites is 1. The Balaban J connectivity index is 1.61. The summed E-state index contributed by atoms with van der Waals surface area (Å²) in [5.41, 5.74) is 5.13. The van der Waals surface area contributed by atoms with Crippen molar-refractivity contribution >= 4 is 45.9 Å². The number of hydrogen-bond acceptors (Lipinski definition) is 4. The van der Waals surface area contributed by atoms with Crippen LogP contribution >= 0.6 is 23.4 Å². The van der Waals surface area contributed by atoms with Crippen LogP contribution in [0, 0.1) is 0 Å². The van der Waals surface area contributed by atoms with Gasteiger partial charge in [-0.2, -0.15) is 5.10 Å². The first-order valence-corrected chi connectivity index (χ1v) is 9.05. The number of pyridine rings is 1. The van der Waals surface area contributed by atoms with Crippen LogP contribution in [0.3, 0.4) is 0 Å². The van der Waals surface area contributed by atoms with E-state index in [0.717, 1.165) is 27.1 Å². The van der Waals surface area contributed by atoms with E-state index in [1.54, 1.807) is 18.3 Å². The Labute approximate surface area is 155 Å². The fraction of sp³-hybridized carbons (Fsp3) is 0.105. The number of halogens is 1. The van der Waals surface area contributed by atoms with E-state index in [-0.39, 0.29) is 11.7 Å². The summed E-state index contributed by atoms with van der Waals surface area (Å²) < 4.78 is 0. The van der Waals surface area contributed by atoms with Crippen molar-refractivity contribution in [2.45, 2.75) is 11.8 Å². The van der Waals surface area contributed by atoms with E-state index < -0.39 is 0 Å². The number of carbonyl (C=O) groups is 1. The smallest absolute Gasteiger partial charge is 0.250 e. The van der Waals surface area contributed by atoms with E-state index in [1.165, 1.54) is 11.8 Å². The maximum Gasteiger partial charge on any atom is 0.250 e. The van der Waals surface area contributed by atoms with Crippen LogP contribution in [0.5, 0.6) is 0 Å². The van der Waals surface area contributed by atoms with Gasteiger partial charge in [-0.25, -0.2) is 5.43 Å². The number of aromatic nitrogens is 1. The van der Waals surface area contributed by atoms with E-state index in [2.05, 4.69) is 15.5 Å². The van der Waals surface area contributed by atoms with Crippen LogP contribution < -0.4 is 5.43 Å². The highest BCUT2D eigenvalue weighted by Gasteiger charge is 2.06. The summed E-state index contributed by atoms with van der Waals surface area (Å²) in [7, 11) is 0. The number of thioether (sulfide) groups is 1. The van der Waals surface area contributed by atoms with E-state index in [4.69, 9.17) is 11.6 Å². The van der Waals surface area contributed by atoms with Gasteiger partial charge in [0, 0.05) is 21.5 Å². The van der Waals surface area contributed by atoms with Gasteiger partial charge in [0.05, 0.1) is 17.0 Å². The first kappa shape index (κ1) is 17.5. The van der Waals surface area contributed by atoms with E-state index in [9.17, 15) is 4.79 Å². The number of nitrogens with one attached hydrogen (secondary N) is 1. The summed E-state index contributed by atoms with van der Waals surface area (Å²) in [5, 5.41) is 5.87. The van der Waals surface area contributed by atoms with Crippen molar-refractivity contribution in [3.8, 4) is 0 Å². The van der Waals surface area contributed by atoms with Gasteiger partial charge in [-0.1, -0.05) is 41.9 Å². The molecule has 0 atom stereocenters. The predicted molar refractivity (Wildman–Crippen MR) is 104 cm³/mol. The number of nitrogens with zero attached hydrogens (tertiary/aromatic N) is 2. The van der Waals surface area contributed by atoms with Crippen LogP contribution in [0.15, 0.2) is 70.8 Å².